The fourth-order valence-corrected chi connectivity index (χ4v) is 1.81. The number of carbonyl (C=O) groups is 1. The molecule has 3 N–H and O–H groups in total. The molecule has 1 unspecified atom stereocenters. The molecule has 0 saturated carbocycles. The van der Waals surface area contributed by atoms with E-state index < -0.39 is 0 Å². The number of nitrogen functional groups attached to an aromatic ring is 1. The lowest BCUT2D eigenvalue weighted by atomic mass is 10.2. The summed E-state index contributed by atoms with van der Waals surface area (Å²) in [4.78, 5) is 11.6. The second-order valence-electron chi connectivity index (χ2n) is 4.21. The van der Waals surface area contributed by atoms with E-state index in [0.717, 1.165) is 18.6 Å². The second kappa shape index (κ2) is 6.26. The van der Waals surface area contributed by atoms with Gasteiger partial charge in [-0.1, -0.05) is 0 Å². The summed E-state index contributed by atoms with van der Waals surface area (Å²) in [5.74, 6) is 0.698. The molecule has 0 radical (unpaired) electrons. The zero-order chi connectivity index (χ0) is 12.8. The number of nitrogens with one attached hydrogen (secondary N) is 1. The van der Waals surface area contributed by atoms with E-state index in [1.54, 1.807) is 24.3 Å². The molecule has 5 nitrogen and oxygen atoms in total. The van der Waals surface area contributed by atoms with Crippen molar-refractivity contribution in [2.75, 3.05) is 25.5 Å². The summed E-state index contributed by atoms with van der Waals surface area (Å²) < 4.78 is 10.7. The van der Waals surface area contributed by atoms with Gasteiger partial charge in [0.05, 0.1) is 6.54 Å². The predicted octanol–water partition coefficient (Wildman–Crippen LogP) is 0.943. The van der Waals surface area contributed by atoms with Gasteiger partial charge in [-0.3, -0.25) is 4.79 Å². The van der Waals surface area contributed by atoms with Crippen LogP contribution in [-0.2, 0) is 9.53 Å². The molecule has 1 aliphatic rings. The van der Waals surface area contributed by atoms with Gasteiger partial charge in [0.2, 0.25) is 5.91 Å². The minimum atomic E-state index is -0.276. The zero-order valence-electron chi connectivity index (χ0n) is 10.2. The molecule has 0 aromatic heterocycles. The third-order valence-corrected chi connectivity index (χ3v) is 2.77. The van der Waals surface area contributed by atoms with Crippen LogP contribution < -0.4 is 15.8 Å². The molecule has 0 aliphatic carbocycles. The van der Waals surface area contributed by atoms with Gasteiger partial charge in [-0.15, -0.1) is 0 Å². The number of ether oxygens (including phenoxy) is 2. The molecule has 0 spiro atoms. The van der Waals surface area contributed by atoms with Crippen molar-refractivity contribution in [2.24, 2.45) is 0 Å². The molecule has 98 valence electrons. The van der Waals surface area contributed by atoms with Crippen LogP contribution in [0.3, 0.4) is 0 Å². The second-order valence-corrected chi connectivity index (χ2v) is 4.21. The molecule has 1 aromatic carbocycles. The Morgan fingerprint density at radius 2 is 2.22 bits per heavy atom. The van der Waals surface area contributed by atoms with Crippen molar-refractivity contribution in [3.63, 3.8) is 0 Å². The summed E-state index contributed by atoms with van der Waals surface area (Å²) in [6, 6.07) is 7.16. The summed E-state index contributed by atoms with van der Waals surface area (Å²) in [6.07, 6.45) is 1.49. The number of carbonyl (C=O) groups excluding carboxylic acids is 1. The van der Waals surface area contributed by atoms with Crippen LogP contribution in [0.2, 0.25) is 0 Å². The van der Waals surface area contributed by atoms with Gasteiger partial charge in [-0.25, -0.2) is 0 Å². The number of benzene rings is 1. The van der Waals surface area contributed by atoms with Gasteiger partial charge in [-0.05, 0) is 37.1 Å². The van der Waals surface area contributed by atoms with E-state index in [1.807, 2.05) is 0 Å². The summed E-state index contributed by atoms with van der Waals surface area (Å²) in [5, 5.41) is 2.79. The van der Waals surface area contributed by atoms with Crippen LogP contribution in [0.25, 0.3) is 0 Å². The van der Waals surface area contributed by atoms with Crippen molar-refractivity contribution < 1.29 is 14.3 Å². The highest BCUT2D eigenvalue weighted by Gasteiger charge is 2.22. The Bertz CT molecular complexity index is 386. The highest BCUT2D eigenvalue weighted by Crippen LogP contribution is 2.13. The number of hydrogen-bond donors (Lipinski definition) is 2. The molecular formula is C13H18N2O3. The fraction of sp³-hybridized carbons (Fsp3) is 0.462. The lowest BCUT2D eigenvalue weighted by Crippen LogP contribution is -2.36. The van der Waals surface area contributed by atoms with Crippen LogP contribution in [0.15, 0.2) is 24.3 Å². The largest absolute Gasteiger partial charge is 0.492 e. The lowest BCUT2D eigenvalue weighted by molar-refractivity contribution is -0.130. The van der Waals surface area contributed by atoms with Crippen molar-refractivity contribution >= 4 is 11.6 Å². The Balaban J connectivity index is 1.63. The van der Waals surface area contributed by atoms with Gasteiger partial charge in [0, 0.05) is 12.3 Å². The first-order valence-electron chi connectivity index (χ1n) is 6.13. The van der Waals surface area contributed by atoms with Crippen molar-refractivity contribution in [1.29, 1.82) is 0 Å². The van der Waals surface area contributed by atoms with Gasteiger partial charge >= 0.3 is 0 Å². The standard InChI is InChI=1S/C13H18N2O3/c14-10-3-5-11(6-4-10)17-9-7-15-13(16)12-2-1-8-18-12/h3-6,12H,1-2,7-9,14H2,(H,15,16). The number of hydrogen-bond acceptors (Lipinski definition) is 4. The zero-order valence-corrected chi connectivity index (χ0v) is 10.2. The average molecular weight is 250 g/mol. The van der Waals surface area contributed by atoms with Crippen LogP contribution in [-0.4, -0.2) is 31.8 Å². The first kappa shape index (κ1) is 12.7. The molecule has 5 heteroatoms. The van der Waals surface area contributed by atoms with Gasteiger partial charge in [-0.2, -0.15) is 0 Å². The Kier molecular flexibility index (Phi) is 4.41. The van der Waals surface area contributed by atoms with Crippen LogP contribution >= 0.6 is 0 Å². The van der Waals surface area contributed by atoms with E-state index >= 15 is 0 Å². The predicted molar refractivity (Wildman–Crippen MR) is 68.3 cm³/mol. The number of anilines is 1. The molecule has 1 aliphatic heterocycles. The molecule has 1 fully saturated rings. The summed E-state index contributed by atoms with van der Waals surface area (Å²) in [7, 11) is 0. The minimum absolute atomic E-state index is 0.0478. The Morgan fingerprint density at radius 1 is 1.44 bits per heavy atom. The first-order valence-corrected chi connectivity index (χ1v) is 6.13. The SMILES string of the molecule is Nc1ccc(OCCNC(=O)C2CCCO2)cc1. The van der Waals surface area contributed by atoms with Crippen molar-refractivity contribution in [3.8, 4) is 5.75 Å². The van der Waals surface area contributed by atoms with Crippen LogP contribution in [0.5, 0.6) is 5.75 Å². The molecule has 0 bridgehead atoms. The molecule has 1 aromatic rings. The topological polar surface area (TPSA) is 73.6 Å². The van der Waals surface area contributed by atoms with Crippen molar-refractivity contribution in [3.05, 3.63) is 24.3 Å². The quantitative estimate of drug-likeness (QED) is 0.602. The first-order chi connectivity index (χ1) is 8.75. The average Bonchev–Trinajstić information content (AvgIpc) is 2.90. The van der Waals surface area contributed by atoms with Gasteiger partial charge < -0.3 is 20.5 Å². The highest BCUT2D eigenvalue weighted by molar-refractivity contribution is 5.80. The lowest BCUT2D eigenvalue weighted by Gasteiger charge is -2.11. The maximum atomic E-state index is 11.6. The number of nitrogens with two attached hydrogens (primary N) is 1. The van der Waals surface area contributed by atoms with Crippen LogP contribution in [0.4, 0.5) is 5.69 Å². The summed E-state index contributed by atoms with van der Waals surface area (Å²) >= 11 is 0. The number of amides is 1. The Hall–Kier alpha value is -1.75. The fourth-order valence-electron chi connectivity index (χ4n) is 1.81. The molecule has 1 atom stereocenters. The van der Waals surface area contributed by atoms with Gasteiger partial charge in [0.15, 0.2) is 0 Å². The van der Waals surface area contributed by atoms with Crippen molar-refractivity contribution in [2.45, 2.75) is 18.9 Å². The van der Waals surface area contributed by atoms with E-state index in [9.17, 15) is 4.79 Å². The summed E-state index contributed by atoms with van der Waals surface area (Å²) in [5.41, 5.74) is 6.27. The Morgan fingerprint density at radius 3 is 2.89 bits per heavy atom. The van der Waals surface area contributed by atoms with E-state index in [2.05, 4.69) is 5.32 Å². The highest BCUT2D eigenvalue weighted by atomic mass is 16.5. The van der Waals surface area contributed by atoms with E-state index in [1.165, 1.54) is 0 Å². The minimum Gasteiger partial charge on any atom is -0.492 e. The van der Waals surface area contributed by atoms with Gasteiger partial charge in [0.1, 0.15) is 18.5 Å². The number of rotatable bonds is 5. The van der Waals surface area contributed by atoms with Crippen molar-refractivity contribution in [1.82, 2.24) is 5.32 Å². The molecule has 2 rings (SSSR count). The maximum Gasteiger partial charge on any atom is 0.249 e. The maximum absolute atomic E-state index is 11.6. The molecule has 18 heavy (non-hydrogen) atoms. The van der Waals surface area contributed by atoms with Crippen LogP contribution in [0.1, 0.15) is 12.8 Å². The Labute approximate surface area is 106 Å². The summed E-state index contributed by atoms with van der Waals surface area (Å²) in [6.45, 7) is 1.59. The molecule has 1 amide bonds. The van der Waals surface area contributed by atoms with Crippen LogP contribution in [0, 0.1) is 0 Å². The van der Waals surface area contributed by atoms with E-state index in [0.29, 0.717) is 25.4 Å². The van der Waals surface area contributed by atoms with E-state index in [-0.39, 0.29) is 12.0 Å². The monoisotopic (exact) mass is 250 g/mol. The third-order valence-electron chi connectivity index (χ3n) is 2.77. The molecular weight excluding hydrogens is 232 g/mol. The third kappa shape index (κ3) is 3.63. The molecule has 1 heterocycles. The molecule has 1 saturated heterocycles. The van der Waals surface area contributed by atoms with Gasteiger partial charge in [0.25, 0.3) is 0 Å². The smallest absolute Gasteiger partial charge is 0.249 e. The van der Waals surface area contributed by atoms with E-state index in [4.69, 9.17) is 15.2 Å². The normalized spacial score (nSPS) is 18.6.